The fourth-order valence-electron chi connectivity index (χ4n) is 10.8. The minimum absolute atomic E-state index is 0.163. The molecule has 2 aliphatic rings. The number of hydrogen-bond acceptors (Lipinski definition) is 3. The Hall–Kier alpha value is -7.75. The molecular weight excluding hydrogens is 693 g/mol. The van der Waals surface area contributed by atoms with E-state index in [0.29, 0.717) is 5.56 Å². The molecule has 5 nitrogen and oxygen atoms in total. The van der Waals surface area contributed by atoms with Gasteiger partial charge in [-0.1, -0.05) is 103 Å². The number of rotatable bonds is 1. The van der Waals surface area contributed by atoms with Gasteiger partial charge in [0.15, 0.2) is 0 Å². The van der Waals surface area contributed by atoms with Crippen molar-refractivity contribution < 1.29 is 0 Å². The van der Waals surface area contributed by atoms with Crippen LogP contribution >= 0.6 is 0 Å². The third kappa shape index (κ3) is 3.52. The van der Waals surface area contributed by atoms with Gasteiger partial charge in [-0.2, -0.15) is 5.26 Å². The van der Waals surface area contributed by atoms with Gasteiger partial charge in [0.1, 0.15) is 0 Å². The van der Waals surface area contributed by atoms with Crippen molar-refractivity contribution in [2.75, 3.05) is 0 Å². The smallest absolute Gasteiger partial charge is 0.256 e. The molecule has 0 unspecified atom stereocenters. The van der Waals surface area contributed by atoms with E-state index < -0.39 is 0 Å². The quantitative estimate of drug-likeness (QED) is 0.159. The molecule has 0 atom stereocenters. The first kappa shape index (κ1) is 29.6. The van der Waals surface area contributed by atoms with Crippen LogP contribution < -0.4 is 16.4 Å². The van der Waals surface area contributed by atoms with Gasteiger partial charge in [-0.3, -0.25) is 9.97 Å². The number of hydrogen-bond donors (Lipinski definition) is 0. The fourth-order valence-corrected chi connectivity index (χ4v) is 10.8. The molecule has 8 aromatic carbocycles. The number of benzene rings is 8. The lowest BCUT2D eigenvalue weighted by Crippen LogP contribution is -2.60. The maximum atomic E-state index is 10.5. The van der Waals surface area contributed by atoms with E-state index in [1.807, 2.05) is 18.2 Å². The van der Waals surface area contributed by atoms with Gasteiger partial charge in [-0.05, 0) is 102 Å². The normalized spacial score (nSPS) is 12.9. The standard InChI is InChI=1S/C51H26BN5/c53-25-30-9-1-2-14-32(30)31-23-43-49-44(24-31)57-42-22-6-13-29-11-4-16-34(46(29)42)36-18-8-20-40-48(36)51(57)38(27-55-40)52(49)37-26-54-39-19-7-17-35-33-15-3-10-28-12-5-21-41(45(28)33)56(43)50(37)47(35)39/h1-24,26-27H. The van der Waals surface area contributed by atoms with Gasteiger partial charge < -0.3 is 9.13 Å². The van der Waals surface area contributed by atoms with Gasteiger partial charge in [-0.15, -0.1) is 0 Å². The number of nitrogens with zero attached hydrogens (tertiary/aromatic N) is 5. The van der Waals surface area contributed by atoms with Crippen LogP contribution in [0.4, 0.5) is 0 Å². The SMILES string of the molecule is N#Cc1ccccc1-c1cc2c3c(c1)-n1c4cccc5cccc(c6cccc7ncc(c1c76)B3c1cnc3cccc6c7cccc8cccc(c87)n-2c1c36)c54. The summed E-state index contributed by atoms with van der Waals surface area (Å²) in [5.74, 6) is 0. The minimum atomic E-state index is -0.163. The van der Waals surface area contributed by atoms with Gasteiger partial charge >= 0.3 is 0 Å². The average Bonchev–Trinajstić information content (AvgIpc) is 3.48. The Morgan fingerprint density at radius 2 is 0.965 bits per heavy atom. The average molecular weight is 720 g/mol. The maximum absolute atomic E-state index is 10.5. The Kier molecular flexibility index (Phi) is 5.35. The van der Waals surface area contributed by atoms with E-state index in [1.165, 1.54) is 48.6 Å². The van der Waals surface area contributed by atoms with Crippen LogP contribution in [0.3, 0.4) is 0 Å². The molecule has 0 saturated heterocycles. The second-order valence-electron chi connectivity index (χ2n) is 15.6. The molecular formula is C51H26BN5. The summed E-state index contributed by atoms with van der Waals surface area (Å²) < 4.78 is 5.04. The van der Waals surface area contributed by atoms with Crippen LogP contribution in [0.1, 0.15) is 5.56 Å². The molecule has 258 valence electrons. The number of nitriles is 1. The van der Waals surface area contributed by atoms with Gasteiger partial charge in [-0.25, -0.2) is 0 Å². The fraction of sp³-hybridized carbons (Fsp3) is 0. The Morgan fingerprint density at radius 1 is 0.491 bits per heavy atom. The van der Waals surface area contributed by atoms with Crippen molar-refractivity contribution in [3.05, 3.63) is 164 Å². The lowest BCUT2D eigenvalue weighted by Gasteiger charge is -2.35. The molecule has 57 heavy (non-hydrogen) atoms. The van der Waals surface area contributed by atoms with Crippen molar-refractivity contribution in [2.24, 2.45) is 0 Å². The predicted octanol–water partition coefficient (Wildman–Crippen LogP) is 9.97. The van der Waals surface area contributed by atoms with Crippen LogP contribution in [0.5, 0.6) is 0 Å². The van der Waals surface area contributed by atoms with Crippen molar-refractivity contribution in [3.63, 3.8) is 0 Å². The van der Waals surface area contributed by atoms with E-state index in [2.05, 4.69) is 155 Å². The zero-order chi connectivity index (χ0) is 37.1. The topological polar surface area (TPSA) is 59.4 Å². The van der Waals surface area contributed by atoms with E-state index in [1.54, 1.807) is 0 Å². The molecule has 0 amide bonds. The maximum Gasteiger partial charge on any atom is 0.256 e. The number of aromatic nitrogens is 4. The van der Waals surface area contributed by atoms with Crippen molar-refractivity contribution in [2.45, 2.75) is 0 Å². The van der Waals surface area contributed by atoms with Gasteiger partial charge in [0.05, 0.1) is 44.7 Å². The molecule has 2 aliphatic heterocycles. The van der Waals surface area contributed by atoms with Gasteiger partial charge in [0.2, 0.25) is 0 Å². The Morgan fingerprint density at radius 3 is 1.49 bits per heavy atom. The molecule has 14 rings (SSSR count). The van der Waals surface area contributed by atoms with Crippen LogP contribution in [-0.2, 0) is 0 Å². The van der Waals surface area contributed by atoms with E-state index >= 15 is 0 Å². The Bertz CT molecular complexity index is 3670. The highest BCUT2D eigenvalue weighted by Gasteiger charge is 2.41. The van der Waals surface area contributed by atoms with Crippen LogP contribution in [0.15, 0.2) is 158 Å². The molecule has 0 aliphatic carbocycles. The summed E-state index contributed by atoms with van der Waals surface area (Å²) >= 11 is 0. The van der Waals surface area contributed by atoms with E-state index in [0.717, 1.165) is 77.3 Å². The van der Waals surface area contributed by atoms with E-state index in [-0.39, 0.29) is 6.71 Å². The highest BCUT2D eigenvalue weighted by molar-refractivity contribution is 7.00. The zero-order valence-corrected chi connectivity index (χ0v) is 30.3. The summed E-state index contributed by atoms with van der Waals surface area (Å²) in [4.78, 5) is 10.6. The minimum Gasteiger partial charge on any atom is -0.310 e. The van der Waals surface area contributed by atoms with Crippen LogP contribution in [0.2, 0.25) is 0 Å². The summed E-state index contributed by atoms with van der Waals surface area (Å²) in [6.45, 7) is -0.163. The second-order valence-corrected chi connectivity index (χ2v) is 15.6. The number of pyridine rings is 2. The van der Waals surface area contributed by atoms with Crippen molar-refractivity contribution in [1.82, 2.24) is 19.1 Å². The van der Waals surface area contributed by atoms with Crippen LogP contribution in [0.25, 0.3) is 109 Å². The predicted molar refractivity (Wildman–Crippen MR) is 236 cm³/mol. The molecule has 0 fully saturated rings. The van der Waals surface area contributed by atoms with Crippen LogP contribution in [-0.4, -0.2) is 25.8 Å². The molecule has 6 heterocycles. The molecule has 0 spiro atoms. The largest absolute Gasteiger partial charge is 0.310 e. The molecule has 0 radical (unpaired) electrons. The second kappa shape index (κ2) is 10.3. The molecule has 6 heteroatoms. The highest BCUT2D eigenvalue weighted by atomic mass is 15.0. The van der Waals surface area contributed by atoms with Gasteiger partial charge in [0.25, 0.3) is 6.71 Å². The molecule has 0 saturated carbocycles. The molecule has 0 bridgehead atoms. The first-order valence-corrected chi connectivity index (χ1v) is 19.4. The Balaban J connectivity index is 1.32. The summed E-state index contributed by atoms with van der Waals surface area (Å²) in [5, 5.41) is 22.4. The lowest BCUT2D eigenvalue weighted by molar-refractivity contribution is 1.13. The Labute approximate surface area is 325 Å². The third-order valence-corrected chi connectivity index (χ3v) is 13.0. The summed E-state index contributed by atoms with van der Waals surface area (Å²) in [7, 11) is 0. The lowest BCUT2D eigenvalue weighted by atomic mass is 9.34. The number of fused-ring (bicyclic) bond motifs is 8. The first-order chi connectivity index (χ1) is 28.3. The highest BCUT2D eigenvalue weighted by Crippen LogP contribution is 2.43. The van der Waals surface area contributed by atoms with Crippen molar-refractivity contribution >= 4 is 110 Å². The van der Waals surface area contributed by atoms with Crippen molar-refractivity contribution in [1.29, 1.82) is 5.26 Å². The summed E-state index contributed by atoms with van der Waals surface area (Å²) in [5.41, 5.74) is 14.8. The summed E-state index contributed by atoms with van der Waals surface area (Å²) in [6.07, 6.45) is 4.26. The molecule has 0 N–H and O–H groups in total. The molecule has 12 aromatic rings. The van der Waals surface area contributed by atoms with Crippen molar-refractivity contribution in [3.8, 4) is 28.6 Å². The van der Waals surface area contributed by atoms with Gasteiger partial charge in [0, 0.05) is 45.3 Å². The third-order valence-electron chi connectivity index (χ3n) is 13.0. The summed E-state index contributed by atoms with van der Waals surface area (Å²) in [6, 6.07) is 55.0. The monoisotopic (exact) mass is 719 g/mol. The van der Waals surface area contributed by atoms with E-state index in [4.69, 9.17) is 9.97 Å². The van der Waals surface area contributed by atoms with E-state index in [9.17, 15) is 5.26 Å². The first-order valence-electron chi connectivity index (χ1n) is 19.4. The van der Waals surface area contributed by atoms with Crippen LogP contribution in [0, 0.1) is 11.3 Å². The zero-order valence-electron chi connectivity index (χ0n) is 30.3. The molecule has 4 aromatic heterocycles.